The lowest BCUT2D eigenvalue weighted by Crippen LogP contribution is -2.14. The number of hydrogen-bond donors (Lipinski definition) is 1. The van der Waals surface area contributed by atoms with E-state index < -0.39 is 0 Å². The Bertz CT molecular complexity index is 665. The number of amides is 1. The van der Waals surface area contributed by atoms with Crippen molar-refractivity contribution in [1.29, 1.82) is 0 Å². The van der Waals surface area contributed by atoms with Crippen LogP contribution in [0.3, 0.4) is 0 Å². The van der Waals surface area contributed by atoms with Gasteiger partial charge in [-0.2, -0.15) is 0 Å². The average Bonchev–Trinajstić information content (AvgIpc) is 2.49. The van der Waals surface area contributed by atoms with Crippen molar-refractivity contribution >= 4 is 11.6 Å². The van der Waals surface area contributed by atoms with E-state index in [1.54, 1.807) is 26.4 Å². The Morgan fingerprint density at radius 1 is 0.952 bits per heavy atom. The molecule has 4 nitrogen and oxygen atoms in total. The predicted molar refractivity (Wildman–Crippen MR) is 83.4 cm³/mol. The highest BCUT2D eigenvalue weighted by molar-refractivity contribution is 6.06. The van der Waals surface area contributed by atoms with Gasteiger partial charge in [-0.05, 0) is 43.2 Å². The molecule has 0 aromatic heterocycles. The van der Waals surface area contributed by atoms with Gasteiger partial charge in [0.2, 0.25) is 0 Å². The molecule has 1 amide bonds. The summed E-state index contributed by atoms with van der Waals surface area (Å²) in [7, 11) is 3.13. The van der Waals surface area contributed by atoms with Crippen molar-refractivity contribution in [3.05, 3.63) is 53.1 Å². The van der Waals surface area contributed by atoms with E-state index >= 15 is 0 Å². The van der Waals surface area contributed by atoms with Crippen molar-refractivity contribution in [3.8, 4) is 11.5 Å². The number of aryl methyl sites for hydroxylation is 2. The first-order valence-corrected chi connectivity index (χ1v) is 6.66. The van der Waals surface area contributed by atoms with E-state index in [1.165, 1.54) is 0 Å². The molecule has 0 atom stereocenters. The number of benzene rings is 2. The fourth-order valence-corrected chi connectivity index (χ4v) is 2.13. The molecule has 0 aliphatic carbocycles. The normalized spacial score (nSPS) is 10.1. The summed E-state index contributed by atoms with van der Waals surface area (Å²) >= 11 is 0. The summed E-state index contributed by atoms with van der Waals surface area (Å²) in [5, 5.41) is 2.92. The van der Waals surface area contributed by atoms with Gasteiger partial charge in [0.1, 0.15) is 0 Å². The van der Waals surface area contributed by atoms with E-state index in [0.29, 0.717) is 17.1 Å². The van der Waals surface area contributed by atoms with Crippen LogP contribution in [0, 0.1) is 13.8 Å². The molecule has 0 fully saturated rings. The molecule has 0 aliphatic heterocycles. The number of rotatable bonds is 4. The lowest BCUT2D eigenvalue weighted by Gasteiger charge is -2.13. The number of carbonyl (C=O) groups excluding carboxylic acids is 1. The number of hydrogen-bond acceptors (Lipinski definition) is 3. The predicted octanol–water partition coefficient (Wildman–Crippen LogP) is 3.57. The van der Waals surface area contributed by atoms with E-state index in [-0.39, 0.29) is 5.91 Å². The number of carbonyl (C=O) groups is 1. The van der Waals surface area contributed by atoms with Crippen LogP contribution in [0.2, 0.25) is 0 Å². The van der Waals surface area contributed by atoms with Gasteiger partial charge in [0, 0.05) is 11.3 Å². The van der Waals surface area contributed by atoms with Crippen molar-refractivity contribution in [1.82, 2.24) is 0 Å². The zero-order valence-electron chi connectivity index (χ0n) is 12.7. The van der Waals surface area contributed by atoms with Crippen LogP contribution >= 0.6 is 0 Å². The molecule has 4 heteroatoms. The molecule has 0 saturated heterocycles. The summed E-state index contributed by atoms with van der Waals surface area (Å²) in [6.45, 7) is 3.83. The molecule has 0 unspecified atom stereocenters. The van der Waals surface area contributed by atoms with Gasteiger partial charge in [0.25, 0.3) is 5.91 Å². The molecule has 110 valence electrons. The lowest BCUT2D eigenvalue weighted by atomic mass is 10.1. The highest BCUT2D eigenvalue weighted by Crippen LogP contribution is 2.30. The second-order valence-corrected chi connectivity index (χ2v) is 4.79. The van der Waals surface area contributed by atoms with Crippen molar-refractivity contribution in [2.75, 3.05) is 19.5 Å². The Morgan fingerprint density at radius 3 is 2.19 bits per heavy atom. The smallest absolute Gasteiger partial charge is 0.256 e. The first-order valence-electron chi connectivity index (χ1n) is 6.66. The van der Waals surface area contributed by atoms with Gasteiger partial charge in [0.15, 0.2) is 11.5 Å². The first kappa shape index (κ1) is 14.9. The van der Waals surface area contributed by atoms with Crippen molar-refractivity contribution in [2.45, 2.75) is 13.8 Å². The summed E-state index contributed by atoms with van der Waals surface area (Å²) < 4.78 is 10.5. The standard InChI is InChI=1S/C17H19NO3/c1-11-7-5-6-8-14(11)18-17(19)13-10-16(21-4)15(20-3)9-12(13)2/h5-10H,1-4H3,(H,18,19). The van der Waals surface area contributed by atoms with Gasteiger partial charge in [-0.3, -0.25) is 4.79 Å². The van der Waals surface area contributed by atoms with Crippen molar-refractivity contribution in [3.63, 3.8) is 0 Å². The minimum Gasteiger partial charge on any atom is -0.493 e. The van der Waals surface area contributed by atoms with Crippen LogP contribution < -0.4 is 14.8 Å². The quantitative estimate of drug-likeness (QED) is 0.934. The third-order valence-electron chi connectivity index (χ3n) is 3.37. The summed E-state index contributed by atoms with van der Waals surface area (Å²) in [4.78, 5) is 12.4. The molecule has 0 saturated carbocycles. The highest BCUT2D eigenvalue weighted by atomic mass is 16.5. The Balaban J connectivity index is 2.33. The topological polar surface area (TPSA) is 47.6 Å². The first-order chi connectivity index (χ1) is 10.1. The molecule has 2 rings (SSSR count). The van der Waals surface area contributed by atoms with Gasteiger partial charge in [-0.25, -0.2) is 0 Å². The minimum atomic E-state index is -0.164. The molecule has 0 heterocycles. The number of nitrogens with one attached hydrogen (secondary N) is 1. The molecule has 2 aromatic rings. The molecule has 0 bridgehead atoms. The molecule has 1 N–H and O–H groups in total. The third-order valence-corrected chi connectivity index (χ3v) is 3.37. The Morgan fingerprint density at radius 2 is 1.57 bits per heavy atom. The fourth-order valence-electron chi connectivity index (χ4n) is 2.13. The zero-order chi connectivity index (χ0) is 15.4. The van der Waals surface area contributed by atoms with E-state index in [0.717, 1.165) is 16.8 Å². The molecule has 0 spiro atoms. The second-order valence-electron chi connectivity index (χ2n) is 4.79. The van der Waals surface area contributed by atoms with E-state index in [9.17, 15) is 4.79 Å². The fraction of sp³-hybridized carbons (Fsp3) is 0.235. The maximum absolute atomic E-state index is 12.4. The Hall–Kier alpha value is -2.49. The van der Waals surface area contributed by atoms with Crippen LogP contribution in [-0.2, 0) is 0 Å². The molecule has 21 heavy (non-hydrogen) atoms. The van der Waals surface area contributed by atoms with E-state index in [1.807, 2.05) is 38.1 Å². The summed E-state index contributed by atoms with van der Waals surface area (Å²) in [5.41, 5.74) is 3.22. The second kappa shape index (κ2) is 6.31. The van der Waals surface area contributed by atoms with E-state index in [4.69, 9.17) is 9.47 Å². The lowest BCUT2D eigenvalue weighted by molar-refractivity contribution is 0.102. The number of ether oxygens (including phenoxy) is 2. The Labute approximate surface area is 124 Å². The average molecular weight is 285 g/mol. The molecular weight excluding hydrogens is 266 g/mol. The zero-order valence-corrected chi connectivity index (χ0v) is 12.7. The van der Waals surface area contributed by atoms with Gasteiger partial charge < -0.3 is 14.8 Å². The van der Waals surface area contributed by atoms with Crippen LogP contribution in [0.15, 0.2) is 36.4 Å². The summed E-state index contributed by atoms with van der Waals surface area (Å²) in [6.07, 6.45) is 0. The van der Waals surface area contributed by atoms with Crippen molar-refractivity contribution in [2.24, 2.45) is 0 Å². The Kier molecular flexibility index (Phi) is 4.48. The van der Waals surface area contributed by atoms with Crippen LogP contribution in [0.4, 0.5) is 5.69 Å². The SMILES string of the molecule is COc1cc(C)c(C(=O)Nc2ccccc2C)cc1OC. The largest absolute Gasteiger partial charge is 0.493 e. The van der Waals surface area contributed by atoms with Gasteiger partial charge in [0.05, 0.1) is 14.2 Å². The van der Waals surface area contributed by atoms with Gasteiger partial charge in [-0.15, -0.1) is 0 Å². The number of para-hydroxylation sites is 1. The number of methoxy groups -OCH3 is 2. The molecular formula is C17H19NO3. The van der Waals surface area contributed by atoms with Crippen LogP contribution in [0.1, 0.15) is 21.5 Å². The van der Waals surface area contributed by atoms with Gasteiger partial charge >= 0.3 is 0 Å². The molecule has 0 radical (unpaired) electrons. The highest BCUT2D eigenvalue weighted by Gasteiger charge is 2.15. The van der Waals surface area contributed by atoms with Crippen molar-refractivity contribution < 1.29 is 14.3 Å². The number of anilines is 1. The maximum atomic E-state index is 12.4. The van der Waals surface area contributed by atoms with E-state index in [2.05, 4.69) is 5.32 Å². The monoisotopic (exact) mass is 285 g/mol. The molecule has 0 aliphatic rings. The van der Waals surface area contributed by atoms with Crippen LogP contribution in [0.5, 0.6) is 11.5 Å². The summed E-state index contributed by atoms with van der Waals surface area (Å²) in [6, 6.07) is 11.2. The van der Waals surface area contributed by atoms with Crippen LogP contribution in [0.25, 0.3) is 0 Å². The molecule has 2 aromatic carbocycles. The minimum absolute atomic E-state index is 0.164. The van der Waals surface area contributed by atoms with Crippen LogP contribution in [-0.4, -0.2) is 20.1 Å². The van der Waals surface area contributed by atoms with Gasteiger partial charge in [-0.1, -0.05) is 18.2 Å². The third kappa shape index (κ3) is 3.16. The maximum Gasteiger partial charge on any atom is 0.256 e. The summed E-state index contributed by atoms with van der Waals surface area (Å²) in [5.74, 6) is 0.989.